The lowest BCUT2D eigenvalue weighted by Crippen LogP contribution is -1.88. The van der Waals surface area contributed by atoms with Gasteiger partial charge in [0.05, 0.1) is 5.39 Å². The van der Waals surface area contributed by atoms with Crippen LogP contribution in [0.3, 0.4) is 0 Å². The molecule has 2 N–H and O–H groups in total. The zero-order valence-corrected chi connectivity index (χ0v) is 9.89. The van der Waals surface area contributed by atoms with E-state index in [9.17, 15) is 0 Å². The van der Waals surface area contributed by atoms with Crippen LogP contribution in [0.15, 0.2) is 40.9 Å². The van der Waals surface area contributed by atoms with Gasteiger partial charge in [0.1, 0.15) is 5.75 Å². The first-order valence-corrected chi connectivity index (χ1v) is 5.55. The Hall–Kier alpha value is -2.27. The number of anilines is 1. The molecule has 1 aromatic carbocycles. The maximum absolute atomic E-state index is 5.86. The Kier molecular flexibility index (Phi) is 2.53. The third-order valence-corrected chi connectivity index (χ3v) is 2.59. The number of halogens is 1. The maximum Gasteiger partial charge on any atom is 0.263 e. The summed E-state index contributed by atoms with van der Waals surface area (Å²) in [7, 11) is 0. The van der Waals surface area contributed by atoms with E-state index >= 15 is 0 Å². The van der Waals surface area contributed by atoms with E-state index in [4.69, 9.17) is 26.6 Å². The molecule has 3 rings (SSSR count). The Morgan fingerprint density at radius 3 is 2.94 bits per heavy atom. The predicted octanol–water partition coefficient (Wildman–Crippen LogP) is 3.25. The fourth-order valence-corrected chi connectivity index (χ4v) is 1.72. The normalized spacial score (nSPS) is 10.7. The van der Waals surface area contributed by atoms with Crippen molar-refractivity contribution in [1.82, 2.24) is 10.1 Å². The number of pyridine rings is 1. The molecule has 0 bridgehead atoms. The largest absolute Gasteiger partial charge is 0.439 e. The molecule has 3 aromatic rings. The van der Waals surface area contributed by atoms with Crippen LogP contribution < -0.4 is 10.5 Å². The Labute approximate surface area is 107 Å². The first-order chi connectivity index (χ1) is 8.72. The lowest BCUT2D eigenvalue weighted by molar-refractivity contribution is 0.434. The molecule has 0 saturated heterocycles. The van der Waals surface area contributed by atoms with E-state index in [1.807, 2.05) is 0 Å². The minimum absolute atomic E-state index is 0.312. The summed E-state index contributed by atoms with van der Waals surface area (Å²) in [4.78, 5) is 4.15. The van der Waals surface area contributed by atoms with Crippen LogP contribution in [0.25, 0.3) is 11.1 Å². The summed E-state index contributed by atoms with van der Waals surface area (Å²) >= 11 is 5.86. The van der Waals surface area contributed by atoms with Gasteiger partial charge in [-0.05, 0) is 24.3 Å². The summed E-state index contributed by atoms with van der Waals surface area (Å²) in [6.07, 6.45) is 0. The average molecular weight is 262 g/mol. The van der Waals surface area contributed by atoms with Gasteiger partial charge < -0.3 is 15.0 Å². The number of hydrogen-bond acceptors (Lipinski definition) is 5. The Morgan fingerprint density at radius 1 is 1.22 bits per heavy atom. The number of fused-ring (bicyclic) bond motifs is 1. The van der Waals surface area contributed by atoms with Crippen LogP contribution in [0.5, 0.6) is 11.6 Å². The van der Waals surface area contributed by atoms with E-state index in [-0.39, 0.29) is 0 Å². The van der Waals surface area contributed by atoms with Crippen molar-refractivity contribution in [2.45, 2.75) is 0 Å². The first kappa shape index (κ1) is 10.9. The van der Waals surface area contributed by atoms with E-state index in [1.165, 1.54) is 0 Å². The third kappa shape index (κ3) is 1.96. The molecule has 0 atom stereocenters. The molecule has 0 saturated carbocycles. The number of rotatable bonds is 2. The lowest BCUT2D eigenvalue weighted by Gasteiger charge is -2.03. The second-order valence-corrected chi connectivity index (χ2v) is 4.07. The molecular formula is C12H8ClN3O2. The van der Waals surface area contributed by atoms with Crippen molar-refractivity contribution >= 4 is 28.5 Å². The van der Waals surface area contributed by atoms with Gasteiger partial charge in [-0.1, -0.05) is 22.8 Å². The molecule has 0 aliphatic rings. The van der Waals surface area contributed by atoms with Crippen LogP contribution in [0.1, 0.15) is 0 Å². The molecular weight excluding hydrogens is 254 g/mol. The Bertz CT molecular complexity index is 711. The van der Waals surface area contributed by atoms with E-state index in [1.54, 1.807) is 36.4 Å². The van der Waals surface area contributed by atoms with Gasteiger partial charge >= 0.3 is 0 Å². The molecule has 5 nitrogen and oxygen atoms in total. The van der Waals surface area contributed by atoms with Crippen LogP contribution in [0.4, 0.5) is 5.82 Å². The van der Waals surface area contributed by atoms with Crippen molar-refractivity contribution in [3.05, 3.63) is 41.4 Å². The second kappa shape index (κ2) is 4.19. The molecule has 0 spiro atoms. The molecule has 0 aliphatic heterocycles. The minimum Gasteiger partial charge on any atom is -0.439 e. The van der Waals surface area contributed by atoms with Crippen LogP contribution in [-0.4, -0.2) is 10.1 Å². The minimum atomic E-state index is 0.312. The molecule has 0 fully saturated rings. The van der Waals surface area contributed by atoms with Crippen molar-refractivity contribution in [2.24, 2.45) is 0 Å². The maximum atomic E-state index is 5.86. The highest BCUT2D eigenvalue weighted by molar-refractivity contribution is 6.30. The zero-order chi connectivity index (χ0) is 12.5. The number of nitrogens with zero attached hydrogens (tertiary/aromatic N) is 2. The van der Waals surface area contributed by atoms with Gasteiger partial charge in [0.25, 0.3) is 5.71 Å². The van der Waals surface area contributed by atoms with E-state index in [0.717, 1.165) is 0 Å². The van der Waals surface area contributed by atoms with E-state index in [0.29, 0.717) is 33.6 Å². The zero-order valence-electron chi connectivity index (χ0n) is 9.13. The fraction of sp³-hybridized carbons (Fsp3) is 0. The fourth-order valence-electron chi connectivity index (χ4n) is 1.54. The number of ether oxygens (including phenoxy) is 1. The average Bonchev–Trinajstić information content (AvgIpc) is 2.71. The third-order valence-electron chi connectivity index (χ3n) is 2.36. The first-order valence-electron chi connectivity index (χ1n) is 5.18. The van der Waals surface area contributed by atoms with Crippen molar-refractivity contribution in [3.8, 4) is 11.6 Å². The van der Waals surface area contributed by atoms with Crippen molar-refractivity contribution in [2.75, 3.05) is 5.73 Å². The standard InChI is InChI=1S/C12H8ClN3O2/c13-7-2-1-3-8(6-7)17-10-5-4-9-11(14)16-18-12(9)15-10/h1-6H,(H2,14,16). The van der Waals surface area contributed by atoms with Crippen molar-refractivity contribution in [3.63, 3.8) is 0 Å². The molecule has 90 valence electrons. The van der Waals surface area contributed by atoms with Gasteiger partial charge in [-0.25, -0.2) is 0 Å². The molecule has 2 aromatic heterocycles. The predicted molar refractivity (Wildman–Crippen MR) is 67.7 cm³/mol. The van der Waals surface area contributed by atoms with Gasteiger partial charge in [0.15, 0.2) is 5.82 Å². The highest BCUT2D eigenvalue weighted by Gasteiger charge is 2.08. The second-order valence-electron chi connectivity index (χ2n) is 3.63. The molecule has 0 amide bonds. The summed E-state index contributed by atoms with van der Waals surface area (Å²) in [5, 5.41) is 4.88. The Morgan fingerprint density at radius 2 is 2.11 bits per heavy atom. The number of nitrogens with two attached hydrogens (primary N) is 1. The van der Waals surface area contributed by atoms with Crippen LogP contribution in [-0.2, 0) is 0 Å². The molecule has 0 unspecified atom stereocenters. The summed E-state index contributed by atoms with van der Waals surface area (Å²) in [5.41, 5.74) is 5.94. The lowest BCUT2D eigenvalue weighted by atomic mass is 10.3. The van der Waals surface area contributed by atoms with Crippen LogP contribution in [0.2, 0.25) is 5.02 Å². The van der Waals surface area contributed by atoms with Gasteiger partial charge in [-0.15, -0.1) is 0 Å². The number of aromatic nitrogens is 2. The number of benzene rings is 1. The van der Waals surface area contributed by atoms with Crippen molar-refractivity contribution in [1.29, 1.82) is 0 Å². The monoisotopic (exact) mass is 261 g/mol. The van der Waals surface area contributed by atoms with Gasteiger partial charge in [-0.3, -0.25) is 0 Å². The van der Waals surface area contributed by atoms with Gasteiger partial charge in [0.2, 0.25) is 5.88 Å². The Balaban J connectivity index is 1.95. The molecule has 0 aliphatic carbocycles. The highest BCUT2D eigenvalue weighted by atomic mass is 35.5. The van der Waals surface area contributed by atoms with Gasteiger partial charge in [0, 0.05) is 11.1 Å². The van der Waals surface area contributed by atoms with Gasteiger partial charge in [-0.2, -0.15) is 4.98 Å². The van der Waals surface area contributed by atoms with E-state index < -0.39 is 0 Å². The summed E-state index contributed by atoms with van der Waals surface area (Å²) < 4.78 is 10.5. The van der Waals surface area contributed by atoms with Crippen molar-refractivity contribution < 1.29 is 9.26 Å². The highest BCUT2D eigenvalue weighted by Crippen LogP contribution is 2.26. The van der Waals surface area contributed by atoms with Crippen LogP contribution >= 0.6 is 11.6 Å². The molecule has 6 heteroatoms. The van der Waals surface area contributed by atoms with Crippen LogP contribution in [0, 0.1) is 0 Å². The van der Waals surface area contributed by atoms with E-state index in [2.05, 4.69) is 10.1 Å². The molecule has 2 heterocycles. The molecule has 0 radical (unpaired) electrons. The number of nitrogen functional groups attached to an aromatic ring is 1. The number of hydrogen-bond donors (Lipinski definition) is 1. The SMILES string of the molecule is Nc1noc2nc(Oc3cccc(Cl)c3)ccc12. The topological polar surface area (TPSA) is 74.2 Å². The summed E-state index contributed by atoms with van der Waals surface area (Å²) in [6.45, 7) is 0. The smallest absolute Gasteiger partial charge is 0.263 e. The quantitative estimate of drug-likeness (QED) is 0.766. The molecule has 18 heavy (non-hydrogen) atoms. The summed E-state index contributed by atoms with van der Waals surface area (Å²) in [6, 6.07) is 10.5. The summed E-state index contributed by atoms with van der Waals surface area (Å²) in [5.74, 6) is 1.30.